The van der Waals surface area contributed by atoms with Gasteiger partial charge in [-0.15, -0.1) is 0 Å². The first-order chi connectivity index (χ1) is 11.2. The first-order valence-corrected chi connectivity index (χ1v) is 10.8. The van der Waals surface area contributed by atoms with Crippen LogP contribution in [0.2, 0.25) is 0 Å². The zero-order valence-electron chi connectivity index (χ0n) is 15.7. The summed E-state index contributed by atoms with van der Waals surface area (Å²) in [6.07, 6.45) is 3.01. The Labute approximate surface area is 145 Å². The predicted octanol–water partition coefficient (Wildman–Crippen LogP) is 5.82. The van der Waals surface area contributed by atoms with Gasteiger partial charge in [-0.2, -0.15) is 0 Å². The molecule has 0 radical (unpaired) electrons. The zero-order valence-corrected chi connectivity index (χ0v) is 17.5. The second-order valence-electron chi connectivity index (χ2n) is 4.20. The van der Waals surface area contributed by atoms with E-state index in [2.05, 4.69) is 20.8 Å². The summed E-state index contributed by atoms with van der Waals surface area (Å²) >= 11 is 0. The molecule has 0 bridgehead atoms. The molecule has 0 heterocycles. The summed E-state index contributed by atoms with van der Waals surface area (Å²) in [5.74, 6) is 0. The van der Waals surface area contributed by atoms with E-state index in [1.165, 1.54) is 0 Å². The van der Waals surface area contributed by atoms with Gasteiger partial charge >= 0.3 is 17.2 Å². The summed E-state index contributed by atoms with van der Waals surface area (Å²) in [5.41, 5.74) is 0. The molecule has 0 aliphatic heterocycles. The van der Waals surface area contributed by atoms with Crippen molar-refractivity contribution in [2.45, 2.75) is 60.8 Å². The van der Waals surface area contributed by atoms with Crippen LogP contribution in [0.3, 0.4) is 0 Å². The number of hydrogen-bond donors (Lipinski definition) is 0. The second kappa shape index (κ2) is 22.6. The largest absolute Gasteiger partial charge is 0.332 e. The van der Waals surface area contributed by atoms with Gasteiger partial charge < -0.3 is 27.1 Å². The van der Waals surface area contributed by atoms with Crippen LogP contribution >= 0.6 is 17.2 Å². The molecule has 0 amide bonds. The smallest absolute Gasteiger partial charge is 0.313 e. The Morgan fingerprint density at radius 1 is 0.435 bits per heavy atom. The number of hydrogen-bond acceptors (Lipinski definition) is 6. The Balaban J connectivity index is 0. The molecule has 0 spiro atoms. The third-order valence-electron chi connectivity index (χ3n) is 1.91. The van der Waals surface area contributed by atoms with Crippen molar-refractivity contribution in [3.63, 3.8) is 0 Å². The highest BCUT2D eigenvalue weighted by atomic mass is 31.2. The van der Waals surface area contributed by atoms with Crippen LogP contribution in [0.1, 0.15) is 60.8 Å². The highest BCUT2D eigenvalue weighted by Gasteiger charge is 2.10. The molecule has 0 atom stereocenters. The van der Waals surface area contributed by atoms with E-state index in [4.69, 9.17) is 27.1 Å². The molecule has 0 aromatic heterocycles. The first-order valence-electron chi connectivity index (χ1n) is 8.57. The molecule has 0 aromatic carbocycles. The van der Waals surface area contributed by atoms with E-state index in [0.29, 0.717) is 19.8 Å². The van der Waals surface area contributed by atoms with Crippen LogP contribution in [0.25, 0.3) is 0 Å². The van der Waals surface area contributed by atoms with Gasteiger partial charge in [-0.05, 0) is 40.0 Å². The van der Waals surface area contributed by atoms with Crippen LogP contribution in [0.15, 0.2) is 0 Å². The van der Waals surface area contributed by atoms with E-state index in [1.54, 1.807) is 0 Å². The lowest BCUT2D eigenvalue weighted by Gasteiger charge is -2.15. The van der Waals surface area contributed by atoms with E-state index in [1.807, 2.05) is 20.8 Å². The molecule has 0 aromatic rings. The maximum absolute atomic E-state index is 5.42. The standard InChI is InChI=1S/C9H21O3P.C6H15O3P/c1-4-7-10-13(11-8-5-2)12-9-6-3;1-4-7-10(8-5-2)9-6-3/h4-9H2,1-3H3;4-6H2,1-3H3. The van der Waals surface area contributed by atoms with Gasteiger partial charge in [0.15, 0.2) is 0 Å². The van der Waals surface area contributed by atoms with Gasteiger partial charge in [-0.1, -0.05) is 20.8 Å². The van der Waals surface area contributed by atoms with E-state index >= 15 is 0 Å². The Hall–Kier alpha value is 0.620. The van der Waals surface area contributed by atoms with Crippen LogP contribution in [-0.2, 0) is 27.1 Å². The third kappa shape index (κ3) is 20.6. The van der Waals surface area contributed by atoms with Crippen molar-refractivity contribution >= 4 is 17.2 Å². The maximum Gasteiger partial charge on any atom is 0.332 e. The van der Waals surface area contributed by atoms with Gasteiger partial charge in [0.1, 0.15) is 0 Å². The van der Waals surface area contributed by atoms with Crippen LogP contribution in [0.4, 0.5) is 0 Å². The fourth-order valence-electron chi connectivity index (χ4n) is 1.04. The average molecular weight is 374 g/mol. The van der Waals surface area contributed by atoms with E-state index in [-0.39, 0.29) is 0 Å². The quantitative estimate of drug-likeness (QED) is 0.337. The van der Waals surface area contributed by atoms with Crippen LogP contribution in [0, 0.1) is 0 Å². The summed E-state index contributed by atoms with van der Waals surface area (Å²) in [6, 6.07) is 0. The summed E-state index contributed by atoms with van der Waals surface area (Å²) in [6.45, 7) is 16.1. The lowest BCUT2D eigenvalue weighted by Crippen LogP contribution is -1.98. The normalized spacial score (nSPS) is 11.0. The van der Waals surface area contributed by atoms with Gasteiger partial charge in [0.2, 0.25) is 0 Å². The van der Waals surface area contributed by atoms with Crippen molar-refractivity contribution in [3.8, 4) is 0 Å². The van der Waals surface area contributed by atoms with E-state index < -0.39 is 17.2 Å². The molecule has 0 unspecified atom stereocenters. The fourth-order valence-corrected chi connectivity index (χ4v) is 3.11. The van der Waals surface area contributed by atoms with Gasteiger partial charge in [-0.3, -0.25) is 0 Å². The summed E-state index contributed by atoms with van der Waals surface area (Å²) in [5, 5.41) is 0. The fraction of sp³-hybridized carbons (Fsp3) is 1.00. The molecule has 0 saturated carbocycles. The average Bonchev–Trinajstić information content (AvgIpc) is 2.55. The van der Waals surface area contributed by atoms with Crippen molar-refractivity contribution in [1.82, 2.24) is 0 Å². The monoisotopic (exact) mass is 374 g/mol. The highest BCUT2D eigenvalue weighted by Crippen LogP contribution is 2.40. The summed E-state index contributed by atoms with van der Waals surface area (Å²) in [7, 11) is -2.14. The molecule has 0 saturated heterocycles. The molecule has 8 heteroatoms. The van der Waals surface area contributed by atoms with Crippen molar-refractivity contribution in [1.29, 1.82) is 0 Å². The molecule has 6 nitrogen and oxygen atoms in total. The van der Waals surface area contributed by atoms with E-state index in [9.17, 15) is 0 Å². The topological polar surface area (TPSA) is 55.4 Å². The van der Waals surface area contributed by atoms with Crippen molar-refractivity contribution < 1.29 is 27.1 Å². The van der Waals surface area contributed by atoms with Crippen LogP contribution in [0.5, 0.6) is 0 Å². The van der Waals surface area contributed by atoms with Crippen molar-refractivity contribution in [2.75, 3.05) is 39.6 Å². The lowest BCUT2D eigenvalue weighted by molar-refractivity contribution is 0.160. The highest BCUT2D eigenvalue weighted by molar-refractivity contribution is 7.41. The summed E-state index contributed by atoms with van der Waals surface area (Å²) in [4.78, 5) is 0. The zero-order chi connectivity index (χ0) is 17.8. The summed E-state index contributed by atoms with van der Waals surface area (Å²) < 4.78 is 31.7. The molecule has 23 heavy (non-hydrogen) atoms. The molecular weight excluding hydrogens is 338 g/mol. The van der Waals surface area contributed by atoms with Crippen molar-refractivity contribution in [3.05, 3.63) is 0 Å². The molecule has 0 N–H and O–H groups in total. The molecule has 0 fully saturated rings. The molecular formula is C15H36O6P2. The second-order valence-corrected chi connectivity index (χ2v) is 6.64. The van der Waals surface area contributed by atoms with Crippen LogP contribution in [-0.4, -0.2) is 39.6 Å². The SMILES string of the molecule is CCCOP(OCCC)OCCC.CCOP(OCC)OCC. The van der Waals surface area contributed by atoms with Gasteiger partial charge in [0.25, 0.3) is 0 Å². The van der Waals surface area contributed by atoms with Crippen molar-refractivity contribution in [2.24, 2.45) is 0 Å². The molecule has 142 valence electrons. The van der Waals surface area contributed by atoms with Crippen LogP contribution < -0.4 is 0 Å². The Morgan fingerprint density at radius 3 is 0.913 bits per heavy atom. The predicted molar refractivity (Wildman–Crippen MR) is 97.4 cm³/mol. The molecule has 0 aliphatic carbocycles. The van der Waals surface area contributed by atoms with Gasteiger partial charge in [0, 0.05) is 0 Å². The number of rotatable bonds is 15. The Kier molecular flexibility index (Phi) is 25.4. The lowest BCUT2D eigenvalue weighted by atomic mass is 10.5. The van der Waals surface area contributed by atoms with Gasteiger partial charge in [0.05, 0.1) is 39.6 Å². The third-order valence-corrected chi connectivity index (χ3v) is 4.49. The van der Waals surface area contributed by atoms with E-state index in [0.717, 1.165) is 39.1 Å². The van der Waals surface area contributed by atoms with Gasteiger partial charge in [-0.25, -0.2) is 0 Å². The molecule has 0 aliphatic rings. The minimum absolute atomic E-state index is 0.645. The first kappa shape index (κ1) is 25.9. The molecule has 0 rings (SSSR count). The Morgan fingerprint density at radius 2 is 0.696 bits per heavy atom. The minimum Gasteiger partial charge on any atom is -0.313 e. The Bertz CT molecular complexity index is 179. The minimum atomic E-state index is -1.08. The maximum atomic E-state index is 5.42.